The number of thioether (sulfide) groups is 1. The van der Waals surface area contributed by atoms with Crippen LogP contribution in [0.5, 0.6) is 0 Å². The second-order valence-corrected chi connectivity index (χ2v) is 5.92. The predicted molar refractivity (Wildman–Crippen MR) is 83.3 cm³/mol. The lowest BCUT2D eigenvalue weighted by Crippen LogP contribution is -2.02. The summed E-state index contributed by atoms with van der Waals surface area (Å²) in [5.41, 5.74) is 4.57. The van der Waals surface area contributed by atoms with Gasteiger partial charge >= 0.3 is 5.97 Å². The number of carboxylic acid groups (broad SMARTS) is 1. The van der Waals surface area contributed by atoms with Crippen molar-refractivity contribution in [3.05, 3.63) is 64.7 Å². The smallest absolute Gasteiger partial charge is 0.307 e. The van der Waals surface area contributed by atoms with Gasteiger partial charge in [-0.3, -0.25) is 4.79 Å². The first-order chi connectivity index (χ1) is 9.56. The van der Waals surface area contributed by atoms with Crippen molar-refractivity contribution in [3.63, 3.8) is 0 Å². The normalized spacial score (nSPS) is 10.5. The zero-order valence-corrected chi connectivity index (χ0v) is 12.5. The summed E-state index contributed by atoms with van der Waals surface area (Å²) in [7, 11) is 0. The van der Waals surface area contributed by atoms with Crippen LogP contribution in [0.4, 0.5) is 0 Å². The standard InChI is InChI=1S/C17H18O2S/c1-12-7-8-16(9-13(12)2)20-11-15-6-4-3-5-14(15)10-17(18)19/h3-9H,10-11H2,1-2H3,(H,18,19). The Labute approximate surface area is 123 Å². The molecule has 0 bridgehead atoms. The quantitative estimate of drug-likeness (QED) is 0.836. The maximum Gasteiger partial charge on any atom is 0.307 e. The summed E-state index contributed by atoms with van der Waals surface area (Å²) < 4.78 is 0. The summed E-state index contributed by atoms with van der Waals surface area (Å²) in [6.07, 6.45) is 0.0870. The number of carbonyl (C=O) groups is 1. The van der Waals surface area contributed by atoms with Gasteiger partial charge in [0.15, 0.2) is 0 Å². The maximum atomic E-state index is 10.9. The number of hydrogen-bond donors (Lipinski definition) is 1. The van der Waals surface area contributed by atoms with E-state index in [2.05, 4.69) is 32.0 Å². The number of hydrogen-bond acceptors (Lipinski definition) is 2. The van der Waals surface area contributed by atoms with Gasteiger partial charge < -0.3 is 5.11 Å². The van der Waals surface area contributed by atoms with Crippen molar-refractivity contribution in [1.29, 1.82) is 0 Å². The molecule has 2 aromatic rings. The molecule has 0 aliphatic heterocycles. The topological polar surface area (TPSA) is 37.3 Å². The summed E-state index contributed by atoms with van der Waals surface area (Å²) >= 11 is 1.74. The first-order valence-corrected chi connectivity index (χ1v) is 7.53. The number of aryl methyl sites for hydroxylation is 2. The van der Waals surface area contributed by atoms with Crippen LogP contribution >= 0.6 is 11.8 Å². The minimum absolute atomic E-state index is 0.0870. The summed E-state index contributed by atoms with van der Waals surface area (Å²) in [5.74, 6) is 0.0139. The molecule has 0 radical (unpaired) electrons. The molecule has 0 aliphatic rings. The summed E-state index contributed by atoms with van der Waals surface area (Å²) in [6.45, 7) is 4.21. The van der Waals surface area contributed by atoms with E-state index in [0.29, 0.717) is 0 Å². The Morgan fingerprint density at radius 3 is 2.40 bits per heavy atom. The summed E-state index contributed by atoms with van der Waals surface area (Å²) in [5, 5.41) is 8.94. The molecule has 0 atom stereocenters. The van der Waals surface area contributed by atoms with Gasteiger partial charge in [-0.25, -0.2) is 0 Å². The Bertz CT molecular complexity index is 620. The molecule has 2 rings (SSSR count). The highest BCUT2D eigenvalue weighted by Gasteiger charge is 2.07. The van der Waals surface area contributed by atoms with Crippen LogP contribution in [0.15, 0.2) is 47.4 Å². The molecule has 0 saturated carbocycles. The predicted octanol–water partition coefficient (Wildman–Crippen LogP) is 4.22. The Morgan fingerprint density at radius 2 is 1.75 bits per heavy atom. The summed E-state index contributed by atoms with van der Waals surface area (Å²) in [4.78, 5) is 12.1. The largest absolute Gasteiger partial charge is 0.481 e. The molecule has 3 heteroatoms. The Morgan fingerprint density at radius 1 is 1.05 bits per heavy atom. The van der Waals surface area contributed by atoms with E-state index >= 15 is 0 Å². The highest BCUT2D eigenvalue weighted by molar-refractivity contribution is 7.98. The number of benzene rings is 2. The zero-order valence-electron chi connectivity index (χ0n) is 11.7. The van der Waals surface area contributed by atoms with E-state index in [-0.39, 0.29) is 6.42 Å². The molecule has 0 heterocycles. The van der Waals surface area contributed by atoms with Crippen LogP contribution in [-0.4, -0.2) is 11.1 Å². The van der Waals surface area contributed by atoms with Crippen molar-refractivity contribution in [2.45, 2.75) is 30.9 Å². The van der Waals surface area contributed by atoms with Gasteiger partial charge in [-0.05, 0) is 48.2 Å². The fourth-order valence-electron chi connectivity index (χ4n) is 2.00. The third-order valence-electron chi connectivity index (χ3n) is 3.33. The van der Waals surface area contributed by atoms with Crippen molar-refractivity contribution in [1.82, 2.24) is 0 Å². The monoisotopic (exact) mass is 286 g/mol. The van der Waals surface area contributed by atoms with Crippen LogP contribution in [-0.2, 0) is 17.0 Å². The molecular weight excluding hydrogens is 268 g/mol. The van der Waals surface area contributed by atoms with Crippen LogP contribution in [0.2, 0.25) is 0 Å². The molecule has 0 spiro atoms. The molecule has 2 nitrogen and oxygen atoms in total. The van der Waals surface area contributed by atoms with Gasteiger partial charge in [0, 0.05) is 10.6 Å². The van der Waals surface area contributed by atoms with Crippen LogP contribution < -0.4 is 0 Å². The first-order valence-electron chi connectivity index (χ1n) is 6.55. The van der Waals surface area contributed by atoms with Gasteiger partial charge in [0.2, 0.25) is 0 Å². The van der Waals surface area contributed by atoms with E-state index in [1.54, 1.807) is 11.8 Å². The van der Waals surface area contributed by atoms with Crippen LogP contribution in [0, 0.1) is 13.8 Å². The molecule has 0 aliphatic carbocycles. The van der Waals surface area contributed by atoms with Crippen molar-refractivity contribution >= 4 is 17.7 Å². The molecular formula is C17H18O2S. The molecule has 0 aromatic heterocycles. The van der Waals surface area contributed by atoms with Gasteiger partial charge in [0.25, 0.3) is 0 Å². The van der Waals surface area contributed by atoms with Crippen LogP contribution in [0.3, 0.4) is 0 Å². The molecule has 0 unspecified atom stereocenters. The lowest BCUT2D eigenvalue weighted by atomic mass is 10.1. The van der Waals surface area contributed by atoms with E-state index < -0.39 is 5.97 Å². The van der Waals surface area contributed by atoms with E-state index in [0.717, 1.165) is 16.9 Å². The van der Waals surface area contributed by atoms with Gasteiger partial charge in [0.1, 0.15) is 0 Å². The lowest BCUT2D eigenvalue weighted by Gasteiger charge is -2.08. The minimum Gasteiger partial charge on any atom is -0.481 e. The minimum atomic E-state index is -0.784. The number of carboxylic acids is 1. The number of aliphatic carboxylic acids is 1. The molecule has 2 aromatic carbocycles. The second kappa shape index (κ2) is 6.62. The van der Waals surface area contributed by atoms with Gasteiger partial charge in [-0.15, -0.1) is 11.8 Å². The SMILES string of the molecule is Cc1ccc(SCc2ccccc2CC(=O)O)cc1C. The first kappa shape index (κ1) is 14.7. The fourth-order valence-corrected chi connectivity index (χ4v) is 3.03. The van der Waals surface area contributed by atoms with Crippen molar-refractivity contribution in [3.8, 4) is 0 Å². The van der Waals surface area contributed by atoms with Crippen molar-refractivity contribution < 1.29 is 9.90 Å². The average molecular weight is 286 g/mol. The maximum absolute atomic E-state index is 10.9. The van der Waals surface area contributed by atoms with Gasteiger partial charge in [-0.1, -0.05) is 30.3 Å². The second-order valence-electron chi connectivity index (χ2n) is 4.87. The Balaban J connectivity index is 2.10. The van der Waals surface area contributed by atoms with Gasteiger partial charge in [0.05, 0.1) is 6.42 Å². The zero-order chi connectivity index (χ0) is 14.5. The molecule has 104 valence electrons. The molecule has 20 heavy (non-hydrogen) atoms. The molecule has 0 fully saturated rings. The lowest BCUT2D eigenvalue weighted by molar-refractivity contribution is -0.136. The Kier molecular flexibility index (Phi) is 4.85. The van der Waals surface area contributed by atoms with E-state index in [9.17, 15) is 4.79 Å². The van der Waals surface area contributed by atoms with Crippen LogP contribution in [0.1, 0.15) is 22.3 Å². The molecule has 1 N–H and O–H groups in total. The highest BCUT2D eigenvalue weighted by Crippen LogP contribution is 2.26. The number of rotatable bonds is 5. The summed E-state index contributed by atoms with van der Waals surface area (Å²) in [6, 6.07) is 14.2. The van der Waals surface area contributed by atoms with Crippen LogP contribution in [0.25, 0.3) is 0 Å². The average Bonchev–Trinajstić information content (AvgIpc) is 2.41. The highest BCUT2D eigenvalue weighted by atomic mass is 32.2. The fraction of sp³-hybridized carbons (Fsp3) is 0.235. The van der Waals surface area contributed by atoms with E-state index in [1.165, 1.54) is 16.0 Å². The van der Waals surface area contributed by atoms with E-state index in [1.807, 2.05) is 24.3 Å². The van der Waals surface area contributed by atoms with Crippen molar-refractivity contribution in [2.75, 3.05) is 0 Å². The molecule has 0 amide bonds. The molecule has 0 saturated heterocycles. The third-order valence-corrected chi connectivity index (χ3v) is 4.38. The Hall–Kier alpha value is -1.74. The van der Waals surface area contributed by atoms with Gasteiger partial charge in [-0.2, -0.15) is 0 Å². The van der Waals surface area contributed by atoms with E-state index in [4.69, 9.17) is 5.11 Å². The van der Waals surface area contributed by atoms with Crippen molar-refractivity contribution in [2.24, 2.45) is 0 Å². The third kappa shape index (κ3) is 3.87.